The van der Waals surface area contributed by atoms with E-state index < -0.39 is 41.1 Å². The first kappa shape index (κ1) is 37.1. The molecule has 0 radical (unpaired) electrons. The fourth-order valence-corrected chi connectivity index (χ4v) is 5.34. The van der Waals surface area contributed by atoms with Crippen LogP contribution in [0.4, 0.5) is 10.6 Å². The standard InChI is InChI=1S/C37H50N6O6/c1-35(2,3)49-34(47)41-37(6,7)33(46)39-28(24-48-23-26-14-10-8-11-15-26)31(44)40-29-22-43(25-38-29)30(27-16-12-9-13-17-27)32(45)42-20-18-36(4,5)19-21-42/h8-17,22,25,28,30H,18-21,23-24H2,1-7H3,(H,39,46)(H,40,44)(H,41,47)/t28-,30?/m1/s1. The monoisotopic (exact) mass is 674 g/mol. The van der Waals surface area contributed by atoms with Crippen LogP contribution in [-0.2, 0) is 30.5 Å². The van der Waals surface area contributed by atoms with Crippen molar-refractivity contribution in [3.05, 3.63) is 84.3 Å². The first-order valence-corrected chi connectivity index (χ1v) is 16.6. The van der Waals surface area contributed by atoms with Crippen LogP contribution in [0.2, 0.25) is 0 Å². The number of nitrogens with one attached hydrogen (secondary N) is 3. The summed E-state index contributed by atoms with van der Waals surface area (Å²) in [5, 5.41) is 8.05. The number of likely N-dealkylation sites (tertiary alicyclic amines) is 1. The normalized spacial score (nSPS) is 15.9. The topological polar surface area (TPSA) is 144 Å². The molecular weight excluding hydrogens is 624 g/mol. The molecule has 1 aliphatic heterocycles. The highest BCUT2D eigenvalue weighted by molar-refractivity contribution is 5.98. The second-order valence-electron chi connectivity index (χ2n) is 14.8. The van der Waals surface area contributed by atoms with Gasteiger partial charge in [0.2, 0.25) is 11.8 Å². The van der Waals surface area contributed by atoms with Crippen molar-refractivity contribution in [3.63, 3.8) is 0 Å². The van der Waals surface area contributed by atoms with E-state index in [0.29, 0.717) is 13.1 Å². The van der Waals surface area contributed by atoms with Crippen molar-refractivity contribution < 1.29 is 28.7 Å². The van der Waals surface area contributed by atoms with Crippen molar-refractivity contribution in [2.45, 2.75) is 91.1 Å². The van der Waals surface area contributed by atoms with Crippen molar-refractivity contribution >= 4 is 29.6 Å². The zero-order chi connectivity index (χ0) is 35.8. The summed E-state index contributed by atoms with van der Waals surface area (Å²) in [4.78, 5) is 59.8. The van der Waals surface area contributed by atoms with Crippen LogP contribution in [0.25, 0.3) is 0 Å². The van der Waals surface area contributed by atoms with E-state index in [1.54, 1.807) is 31.5 Å². The van der Waals surface area contributed by atoms with E-state index >= 15 is 0 Å². The number of ether oxygens (including phenoxy) is 2. The average molecular weight is 675 g/mol. The Bertz CT molecular complexity index is 1570. The van der Waals surface area contributed by atoms with E-state index in [4.69, 9.17) is 9.47 Å². The number of hydrogen-bond acceptors (Lipinski definition) is 7. The van der Waals surface area contributed by atoms with Gasteiger partial charge in [-0.05, 0) is 64.0 Å². The van der Waals surface area contributed by atoms with Gasteiger partial charge in [-0.25, -0.2) is 9.78 Å². The molecule has 3 aromatic rings. The Kier molecular flexibility index (Phi) is 11.9. The average Bonchev–Trinajstić information content (AvgIpc) is 3.47. The van der Waals surface area contributed by atoms with E-state index in [2.05, 4.69) is 34.8 Å². The summed E-state index contributed by atoms with van der Waals surface area (Å²) < 4.78 is 12.9. The van der Waals surface area contributed by atoms with Gasteiger partial charge in [-0.15, -0.1) is 0 Å². The van der Waals surface area contributed by atoms with Crippen LogP contribution < -0.4 is 16.0 Å². The van der Waals surface area contributed by atoms with Gasteiger partial charge in [0.15, 0.2) is 5.82 Å². The fourth-order valence-electron chi connectivity index (χ4n) is 5.34. The molecule has 1 unspecified atom stereocenters. The van der Waals surface area contributed by atoms with Gasteiger partial charge in [-0.1, -0.05) is 74.5 Å². The zero-order valence-corrected chi connectivity index (χ0v) is 29.6. The third-order valence-electron chi connectivity index (χ3n) is 8.33. The third-order valence-corrected chi connectivity index (χ3v) is 8.33. The van der Waals surface area contributed by atoms with Crippen molar-refractivity contribution in [2.75, 3.05) is 25.0 Å². The number of carbonyl (C=O) groups excluding carboxylic acids is 4. The first-order valence-electron chi connectivity index (χ1n) is 16.6. The number of hydrogen-bond donors (Lipinski definition) is 3. The molecule has 264 valence electrons. The van der Waals surface area contributed by atoms with Crippen LogP contribution in [0, 0.1) is 5.41 Å². The molecule has 0 spiro atoms. The molecule has 0 aliphatic carbocycles. The number of anilines is 1. The third kappa shape index (κ3) is 10.9. The number of amides is 4. The summed E-state index contributed by atoms with van der Waals surface area (Å²) >= 11 is 0. The summed E-state index contributed by atoms with van der Waals surface area (Å²) in [6, 6.07) is 17.1. The van der Waals surface area contributed by atoms with Gasteiger partial charge < -0.3 is 34.9 Å². The number of carbonyl (C=O) groups is 4. The molecular formula is C37H50N6O6. The molecule has 12 heteroatoms. The smallest absolute Gasteiger partial charge is 0.408 e. The highest BCUT2D eigenvalue weighted by atomic mass is 16.6. The Morgan fingerprint density at radius 1 is 0.918 bits per heavy atom. The maximum atomic E-state index is 13.9. The van der Waals surface area contributed by atoms with Crippen LogP contribution in [0.5, 0.6) is 0 Å². The van der Waals surface area contributed by atoms with Gasteiger partial charge in [-0.2, -0.15) is 0 Å². The summed E-state index contributed by atoms with van der Waals surface area (Å²) in [7, 11) is 0. The predicted octanol–water partition coefficient (Wildman–Crippen LogP) is 5.06. The van der Waals surface area contributed by atoms with E-state index in [-0.39, 0.29) is 30.4 Å². The highest BCUT2D eigenvalue weighted by Gasteiger charge is 2.36. The Labute approximate surface area is 288 Å². The molecule has 1 fully saturated rings. The van der Waals surface area contributed by atoms with E-state index in [1.807, 2.05) is 65.6 Å². The molecule has 4 amide bonds. The van der Waals surface area contributed by atoms with Gasteiger partial charge in [-0.3, -0.25) is 14.4 Å². The molecule has 12 nitrogen and oxygen atoms in total. The van der Waals surface area contributed by atoms with Gasteiger partial charge >= 0.3 is 6.09 Å². The zero-order valence-electron chi connectivity index (χ0n) is 29.6. The van der Waals surface area contributed by atoms with Crippen molar-refractivity contribution in [1.82, 2.24) is 25.1 Å². The van der Waals surface area contributed by atoms with Crippen molar-refractivity contribution in [1.29, 1.82) is 0 Å². The number of nitrogens with zero attached hydrogens (tertiary/aromatic N) is 3. The SMILES string of the molecule is CC1(C)CCN(C(=O)C(c2ccccc2)n2cnc(NC(=O)[C@@H](COCc3ccccc3)NC(=O)C(C)(C)NC(=O)OC(C)(C)C)c2)CC1. The van der Waals surface area contributed by atoms with Gasteiger partial charge in [0.1, 0.15) is 23.2 Å². The molecule has 1 aliphatic rings. The lowest BCUT2D eigenvalue weighted by atomic mass is 9.82. The summed E-state index contributed by atoms with van der Waals surface area (Å²) in [6.45, 7) is 14.0. The van der Waals surface area contributed by atoms with Crippen LogP contribution >= 0.6 is 0 Å². The molecule has 49 heavy (non-hydrogen) atoms. The minimum Gasteiger partial charge on any atom is -0.444 e. The van der Waals surface area contributed by atoms with Crippen LogP contribution in [-0.4, -0.2) is 75.1 Å². The molecule has 1 saturated heterocycles. The van der Waals surface area contributed by atoms with Crippen molar-refractivity contribution in [2.24, 2.45) is 5.41 Å². The molecule has 2 aromatic carbocycles. The summed E-state index contributed by atoms with van der Waals surface area (Å²) in [5.74, 6) is -1.05. The van der Waals surface area contributed by atoms with Crippen molar-refractivity contribution in [3.8, 4) is 0 Å². The van der Waals surface area contributed by atoms with Crippen LogP contribution in [0.15, 0.2) is 73.2 Å². The van der Waals surface area contributed by atoms with E-state index in [1.165, 1.54) is 20.2 Å². The Balaban J connectivity index is 1.51. The predicted molar refractivity (Wildman–Crippen MR) is 187 cm³/mol. The number of alkyl carbamates (subject to hydrolysis) is 1. The van der Waals surface area contributed by atoms with E-state index in [9.17, 15) is 19.2 Å². The van der Waals surface area contributed by atoms with Gasteiger partial charge in [0.05, 0.1) is 19.5 Å². The minimum absolute atomic E-state index is 0.0452. The number of rotatable bonds is 12. The quantitative estimate of drug-likeness (QED) is 0.244. The Hall–Kier alpha value is -4.71. The lowest BCUT2D eigenvalue weighted by molar-refractivity contribution is -0.135. The minimum atomic E-state index is -1.42. The molecule has 0 saturated carbocycles. The molecule has 2 heterocycles. The number of benzene rings is 2. The summed E-state index contributed by atoms with van der Waals surface area (Å²) in [5.41, 5.74) is -0.306. The molecule has 0 bridgehead atoms. The second-order valence-corrected chi connectivity index (χ2v) is 14.8. The molecule has 4 rings (SSSR count). The maximum Gasteiger partial charge on any atom is 0.408 e. The first-order chi connectivity index (χ1) is 23.0. The molecule has 3 N–H and O–H groups in total. The number of aromatic nitrogens is 2. The molecule has 2 atom stereocenters. The maximum absolute atomic E-state index is 13.9. The number of piperidine rings is 1. The second kappa shape index (κ2) is 15.7. The fraction of sp³-hybridized carbons (Fsp3) is 0.486. The van der Waals surface area contributed by atoms with Gasteiger partial charge in [0, 0.05) is 19.3 Å². The summed E-state index contributed by atoms with van der Waals surface area (Å²) in [6.07, 6.45) is 4.19. The Morgan fingerprint density at radius 2 is 1.53 bits per heavy atom. The Morgan fingerprint density at radius 3 is 2.14 bits per heavy atom. The van der Waals surface area contributed by atoms with Gasteiger partial charge in [0.25, 0.3) is 5.91 Å². The van der Waals surface area contributed by atoms with E-state index in [0.717, 1.165) is 24.0 Å². The molecule has 1 aromatic heterocycles. The number of imidazole rings is 1. The van der Waals surface area contributed by atoms with Crippen LogP contribution in [0.1, 0.15) is 78.5 Å². The lowest BCUT2D eigenvalue weighted by Gasteiger charge is -2.38. The highest BCUT2D eigenvalue weighted by Crippen LogP contribution is 2.32. The van der Waals surface area contributed by atoms with Crippen LogP contribution in [0.3, 0.4) is 0 Å². The lowest BCUT2D eigenvalue weighted by Crippen LogP contribution is -2.59. The largest absolute Gasteiger partial charge is 0.444 e.